The van der Waals surface area contributed by atoms with Crippen LogP contribution in [0.3, 0.4) is 0 Å². The van der Waals surface area contributed by atoms with Crippen molar-refractivity contribution in [3.8, 4) is 0 Å². The Labute approximate surface area is 119 Å². The molecule has 0 bridgehead atoms. The lowest BCUT2D eigenvalue weighted by molar-refractivity contribution is 0.151. The second kappa shape index (κ2) is 6.11. The van der Waals surface area contributed by atoms with Crippen LogP contribution in [0.15, 0.2) is 0 Å². The maximum absolute atomic E-state index is 3.60. The molecule has 3 nitrogen and oxygen atoms in total. The molecule has 3 unspecified atom stereocenters. The molecule has 2 rings (SSSR count). The fourth-order valence-corrected chi connectivity index (χ4v) is 4.34. The molecule has 2 aliphatic rings. The van der Waals surface area contributed by atoms with Gasteiger partial charge in [-0.1, -0.05) is 13.8 Å². The highest BCUT2D eigenvalue weighted by Gasteiger charge is 2.41. The maximum atomic E-state index is 3.60. The predicted molar refractivity (Wildman–Crippen MR) is 82.5 cm³/mol. The Balaban J connectivity index is 1.96. The molecule has 1 aliphatic heterocycles. The molecule has 2 fully saturated rings. The van der Waals surface area contributed by atoms with Gasteiger partial charge in [-0.15, -0.1) is 0 Å². The van der Waals surface area contributed by atoms with Gasteiger partial charge in [-0.2, -0.15) is 0 Å². The van der Waals surface area contributed by atoms with Crippen molar-refractivity contribution in [2.24, 2.45) is 11.3 Å². The lowest BCUT2D eigenvalue weighted by atomic mass is 9.84. The molecule has 0 spiro atoms. The molecule has 112 valence electrons. The van der Waals surface area contributed by atoms with Crippen LogP contribution in [0.1, 0.15) is 40.0 Å². The van der Waals surface area contributed by atoms with E-state index in [-0.39, 0.29) is 0 Å². The number of nitrogens with one attached hydrogen (secondary N) is 1. The quantitative estimate of drug-likeness (QED) is 0.844. The highest BCUT2D eigenvalue weighted by atomic mass is 15.2. The van der Waals surface area contributed by atoms with Gasteiger partial charge in [0.15, 0.2) is 0 Å². The minimum Gasteiger partial charge on any atom is -0.316 e. The van der Waals surface area contributed by atoms with Crippen LogP contribution in [0, 0.1) is 11.3 Å². The van der Waals surface area contributed by atoms with E-state index >= 15 is 0 Å². The molecule has 19 heavy (non-hydrogen) atoms. The average Bonchev–Trinajstić information content (AvgIpc) is 2.51. The number of hydrogen-bond donors (Lipinski definition) is 1. The molecule has 0 aromatic rings. The van der Waals surface area contributed by atoms with Crippen molar-refractivity contribution >= 4 is 0 Å². The van der Waals surface area contributed by atoms with Crippen molar-refractivity contribution in [3.05, 3.63) is 0 Å². The van der Waals surface area contributed by atoms with Gasteiger partial charge in [0.05, 0.1) is 0 Å². The van der Waals surface area contributed by atoms with Gasteiger partial charge in [0.2, 0.25) is 0 Å². The molecule has 0 aromatic carbocycles. The zero-order valence-corrected chi connectivity index (χ0v) is 13.6. The van der Waals surface area contributed by atoms with Crippen LogP contribution >= 0.6 is 0 Å². The number of nitrogens with zero attached hydrogens (tertiary/aromatic N) is 2. The van der Waals surface area contributed by atoms with Gasteiger partial charge < -0.3 is 10.2 Å². The summed E-state index contributed by atoms with van der Waals surface area (Å²) in [5.41, 5.74) is 0.464. The molecule has 1 N–H and O–H groups in total. The summed E-state index contributed by atoms with van der Waals surface area (Å²) in [6.07, 6.45) is 4.07. The van der Waals surface area contributed by atoms with Crippen LogP contribution in [0.25, 0.3) is 0 Å². The zero-order chi connectivity index (χ0) is 14.0. The van der Waals surface area contributed by atoms with E-state index in [9.17, 15) is 0 Å². The third kappa shape index (κ3) is 3.50. The summed E-state index contributed by atoms with van der Waals surface area (Å²) in [4.78, 5) is 5.22. The summed E-state index contributed by atoms with van der Waals surface area (Å²) in [5, 5.41) is 3.60. The summed E-state index contributed by atoms with van der Waals surface area (Å²) in [6, 6.07) is 1.38. The first-order chi connectivity index (χ1) is 8.94. The number of hydrogen-bond acceptors (Lipinski definition) is 3. The second-order valence-corrected chi connectivity index (χ2v) is 7.51. The van der Waals surface area contributed by atoms with Crippen molar-refractivity contribution in [1.29, 1.82) is 0 Å². The summed E-state index contributed by atoms with van der Waals surface area (Å²) in [7, 11) is 4.40. The third-order valence-electron chi connectivity index (χ3n) is 5.44. The third-order valence-corrected chi connectivity index (χ3v) is 5.44. The maximum Gasteiger partial charge on any atom is 0.0194 e. The Morgan fingerprint density at radius 1 is 1.26 bits per heavy atom. The first kappa shape index (κ1) is 15.3. The number of likely N-dealkylation sites (N-methyl/N-ethyl adjacent to an activating group) is 1. The van der Waals surface area contributed by atoms with Crippen LogP contribution in [-0.4, -0.2) is 62.2 Å². The molecular weight excluding hydrogens is 234 g/mol. The van der Waals surface area contributed by atoms with E-state index in [1.54, 1.807) is 0 Å². The summed E-state index contributed by atoms with van der Waals surface area (Å²) >= 11 is 0. The zero-order valence-electron chi connectivity index (χ0n) is 13.6. The van der Waals surface area contributed by atoms with Crippen LogP contribution in [-0.2, 0) is 0 Å². The van der Waals surface area contributed by atoms with Gasteiger partial charge in [-0.05, 0) is 64.7 Å². The van der Waals surface area contributed by atoms with Gasteiger partial charge in [0.25, 0.3) is 0 Å². The highest BCUT2D eigenvalue weighted by Crippen LogP contribution is 2.41. The van der Waals surface area contributed by atoms with Crippen LogP contribution < -0.4 is 5.32 Å². The first-order valence-electron chi connectivity index (χ1n) is 8.04. The van der Waals surface area contributed by atoms with Crippen LogP contribution in [0.5, 0.6) is 0 Å². The van der Waals surface area contributed by atoms with Crippen molar-refractivity contribution in [2.45, 2.75) is 52.1 Å². The van der Waals surface area contributed by atoms with Gasteiger partial charge in [0, 0.05) is 25.2 Å². The Hall–Kier alpha value is -0.120. The largest absolute Gasteiger partial charge is 0.316 e. The summed E-state index contributed by atoms with van der Waals surface area (Å²) < 4.78 is 0. The smallest absolute Gasteiger partial charge is 0.0194 e. The summed E-state index contributed by atoms with van der Waals surface area (Å²) in [6.45, 7) is 12.3. The van der Waals surface area contributed by atoms with Gasteiger partial charge in [0.1, 0.15) is 0 Å². The van der Waals surface area contributed by atoms with Gasteiger partial charge in [-0.25, -0.2) is 0 Å². The van der Waals surface area contributed by atoms with Crippen molar-refractivity contribution < 1.29 is 0 Å². The average molecular weight is 267 g/mol. The molecule has 1 heterocycles. The molecule has 1 saturated carbocycles. The first-order valence-corrected chi connectivity index (χ1v) is 8.04. The SMILES string of the molecule is CNC1C(CN2CCCN(C)CC2C)CCC1(C)C. The Bertz CT molecular complexity index is 290. The lowest BCUT2D eigenvalue weighted by Gasteiger charge is -2.35. The van der Waals surface area contributed by atoms with Crippen molar-refractivity contribution in [3.63, 3.8) is 0 Å². The van der Waals surface area contributed by atoms with E-state index in [1.807, 2.05) is 0 Å². The standard InChI is InChI=1S/C16H33N3/c1-13-11-18(5)9-6-10-19(13)12-14-7-8-16(2,3)15(14)17-4/h13-15,17H,6-12H2,1-5H3. The van der Waals surface area contributed by atoms with E-state index in [2.05, 4.69) is 50.0 Å². The van der Waals surface area contributed by atoms with Gasteiger partial charge >= 0.3 is 0 Å². The Morgan fingerprint density at radius 2 is 2.00 bits per heavy atom. The predicted octanol–water partition coefficient (Wildman–Crippen LogP) is 2.04. The van der Waals surface area contributed by atoms with E-state index in [4.69, 9.17) is 0 Å². The fourth-order valence-electron chi connectivity index (χ4n) is 4.34. The molecular formula is C16H33N3. The van der Waals surface area contributed by atoms with Crippen LogP contribution in [0.4, 0.5) is 0 Å². The molecule has 1 aliphatic carbocycles. The molecule has 3 heteroatoms. The monoisotopic (exact) mass is 267 g/mol. The van der Waals surface area contributed by atoms with E-state index in [0.29, 0.717) is 17.5 Å². The van der Waals surface area contributed by atoms with E-state index in [1.165, 1.54) is 45.4 Å². The molecule has 0 radical (unpaired) electrons. The highest BCUT2D eigenvalue weighted by molar-refractivity contribution is 4.97. The van der Waals surface area contributed by atoms with Crippen molar-refractivity contribution in [1.82, 2.24) is 15.1 Å². The minimum atomic E-state index is 0.464. The molecule has 3 atom stereocenters. The number of rotatable bonds is 3. The lowest BCUT2D eigenvalue weighted by Crippen LogP contribution is -2.47. The Kier molecular flexibility index (Phi) is 4.91. The van der Waals surface area contributed by atoms with Gasteiger partial charge in [-0.3, -0.25) is 4.90 Å². The van der Waals surface area contributed by atoms with E-state index in [0.717, 1.165) is 5.92 Å². The molecule has 0 amide bonds. The van der Waals surface area contributed by atoms with Crippen molar-refractivity contribution in [2.75, 3.05) is 40.3 Å². The normalized spacial score (nSPS) is 37.4. The fraction of sp³-hybridized carbons (Fsp3) is 1.00. The second-order valence-electron chi connectivity index (χ2n) is 7.51. The van der Waals surface area contributed by atoms with E-state index < -0.39 is 0 Å². The molecule has 0 aromatic heterocycles. The van der Waals surface area contributed by atoms with Crippen LogP contribution in [0.2, 0.25) is 0 Å². The molecule has 1 saturated heterocycles. The topological polar surface area (TPSA) is 18.5 Å². The minimum absolute atomic E-state index is 0.464. The Morgan fingerprint density at radius 3 is 2.68 bits per heavy atom. The summed E-state index contributed by atoms with van der Waals surface area (Å²) in [5.74, 6) is 0.825.